The first-order valence-electron chi connectivity index (χ1n) is 25.4. The molecule has 3 saturated carbocycles. The summed E-state index contributed by atoms with van der Waals surface area (Å²) in [5.74, 6) is 0.962. The van der Waals surface area contributed by atoms with Crippen molar-refractivity contribution in [2.24, 2.45) is 28.6 Å². The molecule has 0 aromatic rings. The Bertz CT molecular complexity index is 1420. The molecule has 2 unspecified atom stereocenters. The van der Waals surface area contributed by atoms with E-state index in [-0.39, 0.29) is 48.0 Å². The molecule has 9 heteroatoms. The molecule has 7 atom stereocenters. The predicted molar refractivity (Wildman–Crippen MR) is 243 cm³/mol. The number of carbonyl (C=O) groups is 3. The standard InChI is InChI=1S/C51H88O8S/c1-5-7-9-11-13-15-17-19-21-23-25-27-48(53)57-40-43(58-49(54)28-26-24-22-20-18-16-14-12-10-8-6-2)35-38-60(55,56)59-42-33-36-50(3)41(39-42)29-30-44-45-31-32-47(52)51(45,4)37-34-46(44)50/h29,42-46H,5-28,30-40H2,1-4H3/t42?,43?,44-,45-,46-,50-,51-/m0/s1. The maximum Gasteiger partial charge on any atom is 0.306 e. The van der Waals surface area contributed by atoms with Crippen molar-refractivity contribution < 1.29 is 36.5 Å². The van der Waals surface area contributed by atoms with Gasteiger partial charge in [-0.25, -0.2) is 0 Å². The van der Waals surface area contributed by atoms with Crippen molar-refractivity contribution in [1.29, 1.82) is 0 Å². The van der Waals surface area contributed by atoms with Crippen LogP contribution in [0.2, 0.25) is 0 Å². The van der Waals surface area contributed by atoms with Crippen LogP contribution >= 0.6 is 0 Å². The maximum atomic E-state index is 13.5. The predicted octanol–water partition coefficient (Wildman–Crippen LogP) is 13.5. The summed E-state index contributed by atoms with van der Waals surface area (Å²) in [7, 11) is -3.93. The van der Waals surface area contributed by atoms with E-state index in [9.17, 15) is 22.8 Å². The molecule has 346 valence electrons. The second kappa shape index (κ2) is 26.8. The minimum atomic E-state index is -3.93. The smallest absolute Gasteiger partial charge is 0.306 e. The van der Waals surface area contributed by atoms with Crippen molar-refractivity contribution in [2.45, 2.75) is 252 Å². The van der Waals surface area contributed by atoms with Gasteiger partial charge in [-0.15, -0.1) is 0 Å². The molecule has 0 heterocycles. The second-order valence-electron chi connectivity index (χ2n) is 20.1. The van der Waals surface area contributed by atoms with Crippen LogP contribution in [0.4, 0.5) is 0 Å². The van der Waals surface area contributed by atoms with E-state index < -0.39 is 22.3 Å². The van der Waals surface area contributed by atoms with Gasteiger partial charge >= 0.3 is 11.9 Å². The van der Waals surface area contributed by atoms with Crippen LogP contribution in [0.3, 0.4) is 0 Å². The first kappa shape index (κ1) is 50.9. The highest BCUT2D eigenvalue weighted by atomic mass is 32.2. The number of ether oxygens (including phenoxy) is 2. The van der Waals surface area contributed by atoms with Crippen molar-refractivity contribution in [3.63, 3.8) is 0 Å². The molecule has 60 heavy (non-hydrogen) atoms. The third kappa shape index (κ3) is 16.4. The highest BCUT2D eigenvalue weighted by Crippen LogP contribution is 2.64. The summed E-state index contributed by atoms with van der Waals surface area (Å²) in [6.45, 7) is 8.92. The fourth-order valence-electron chi connectivity index (χ4n) is 11.6. The van der Waals surface area contributed by atoms with Crippen LogP contribution in [0.5, 0.6) is 0 Å². The average molecular weight is 861 g/mol. The van der Waals surface area contributed by atoms with Crippen LogP contribution in [-0.2, 0) is 38.2 Å². The van der Waals surface area contributed by atoms with Gasteiger partial charge in [0.2, 0.25) is 0 Å². The SMILES string of the molecule is CCCCCCCCCCCCCC(=O)OCC(CCS(=O)(=O)OC1CC[C@@]2(C)C(=CC[C@@H]3[C@@H]2CC[C@]2(C)C(=O)CC[C@@H]32)C1)OC(=O)CCCCCCCCCCCCC. The van der Waals surface area contributed by atoms with Gasteiger partial charge in [-0.2, -0.15) is 8.42 Å². The monoisotopic (exact) mass is 861 g/mol. The van der Waals surface area contributed by atoms with Crippen molar-refractivity contribution in [3.05, 3.63) is 11.6 Å². The number of carbonyl (C=O) groups excluding carboxylic acids is 3. The van der Waals surface area contributed by atoms with Crippen LogP contribution in [0.1, 0.15) is 240 Å². The Morgan fingerprint density at radius 3 is 1.75 bits per heavy atom. The Morgan fingerprint density at radius 1 is 0.683 bits per heavy atom. The van der Waals surface area contributed by atoms with E-state index in [0.29, 0.717) is 49.2 Å². The van der Waals surface area contributed by atoms with Gasteiger partial charge in [-0.05, 0) is 81.0 Å². The van der Waals surface area contributed by atoms with Crippen molar-refractivity contribution in [2.75, 3.05) is 12.4 Å². The Morgan fingerprint density at radius 2 is 1.18 bits per heavy atom. The highest BCUT2D eigenvalue weighted by Gasteiger charge is 2.58. The Hall–Kier alpha value is -1.74. The first-order valence-corrected chi connectivity index (χ1v) is 27.0. The number of allylic oxidation sites excluding steroid dienone is 1. The van der Waals surface area contributed by atoms with Gasteiger partial charge < -0.3 is 9.47 Å². The Labute approximate surface area is 367 Å². The van der Waals surface area contributed by atoms with Crippen molar-refractivity contribution >= 4 is 27.8 Å². The lowest BCUT2D eigenvalue weighted by Crippen LogP contribution is -2.50. The van der Waals surface area contributed by atoms with E-state index in [2.05, 4.69) is 33.8 Å². The minimum absolute atomic E-state index is 0.0180. The number of fused-ring (bicyclic) bond motifs is 5. The van der Waals surface area contributed by atoms with Gasteiger partial charge in [0.15, 0.2) is 0 Å². The van der Waals surface area contributed by atoms with Crippen molar-refractivity contribution in [3.8, 4) is 0 Å². The third-order valence-electron chi connectivity index (χ3n) is 15.4. The molecule has 0 N–H and O–H groups in total. The maximum absolute atomic E-state index is 13.5. The largest absolute Gasteiger partial charge is 0.462 e. The van der Waals surface area contributed by atoms with Gasteiger partial charge in [0.05, 0.1) is 11.9 Å². The number of esters is 2. The zero-order valence-electron chi connectivity index (χ0n) is 38.9. The fourth-order valence-corrected chi connectivity index (χ4v) is 12.8. The quantitative estimate of drug-likeness (QED) is 0.0284. The summed E-state index contributed by atoms with van der Waals surface area (Å²) >= 11 is 0. The summed E-state index contributed by atoms with van der Waals surface area (Å²) in [6, 6.07) is 0. The fraction of sp³-hybridized carbons (Fsp3) is 0.902. The molecule has 0 amide bonds. The number of ketones is 1. The minimum Gasteiger partial charge on any atom is -0.462 e. The van der Waals surface area contributed by atoms with Gasteiger partial charge in [0.25, 0.3) is 10.1 Å². The number of hydrogen-bond acceptors (Lipinski definition) is 8. The summed E-state index contributed by atoms with van der Waals surface area (Å²) in [4.78, 5) is 38.6. The second-order valence-corrected chi connectivity index (χ2v) is 21.8. The molecule has 0 aliphatic heterocycles. The van der Waals surface area contributed by atoms with Crippen LogP contribution in [-0.4, -0.2) is 50.7 Å². The molecule has 0 spiro atoms. The molecule has 4 aliphatic rings. The van der Waals surface area contributed by atoms with Crippen LogP contribution < -0.4 is 0 Å². The van der Waals surface area contributed by atoms with Crippen molar-refractivity contribution in [1.82, 2.24) is 0 Å². The molecule has 0 saturated heterocycles. The number of hydrogen-bond donors (Lipinski definition) is 0. The molecule has 4 rings (SSSR count). The van der Waals surface area contributed by atoms with E-state index in [1.54, 1.807) is 0 Å². The van der Waals surface area contributed by atoms with Crippen LogP contribution in [0.15, 0.2) is 11.6 Å². The first-order chi connectivity index (χ1) is 28.9. The molecule has 8 nitrogen and oxygen atoms in total. The van der Waals surface area contributed by atoms with Gasteiger partial charge in [0.1, 0.15) is 18.5 Å². The lowest BCUT2D eigenvalue weighted by molar-refractivity contribution is -0.159. The summed E-state index contributed by atoms with van der Waals surface area (Å²) in [5, 5.41) is 0. The summed E-state index contributed by atoms with van der Waals surface area (Å²) in [6.07, 6.45) is 34.8. The Balaban J connectivity index is 1.21. The topological polar surface area (TPSA) is 113 Å². The number of rotatable bonds is 32. The van der Waals surface area contributed by atoms with Crippen LogP contribution in [0.25, 0.3) is 0 Å². The number of unbranched alkanes of at least 4 members (excludes halogenated alkanes) is 20. The molecule has 0 aromatic heterocycles. The average Bonchev–Trinajstić information content (AvgIpc) is 3.53. The Kier molecular flexibility index (Phi) is 22.7. The van der Waals surface area contributed by atoms with E-state index in [1.807, 2.05) is 0 Å². The highest BCUT2D eigenvalue weighted by molar-refractivity contribution is 7.86. The normalized spacial score (nSPS) is 26.8. The molecule has 4 aliphatic carbocycles. The zero-order valence-corrected chi connectivity index (χ0v) is 39.7. The molecule has 0 radical (unpaired) electrons. The molecule has 0 aromatic carbocycles. The van der Waals surface area contributed by atoms with Gasteiger partial charge in [0, 0.05) is 31.1 Å². The van der Waals surface area contributed by atoms with E-state index in [4.69, 9.17) is 13.7 Å². The molecular weight excluding hydrogens is 773 g/mol. The third-order valence-corrected chi connectivity index (χ3v) is 16.7. The number of Topliss-reactive ketones (excluding diaryl/α,β-unsaturated/α-hetero) is 1. The van der Waals surface area contributed by atoms with E-state index in [1.165, 1.54) is 108 Å². The van der Waals surface area contributed by atoms with E-state index >= 15 is 0 Å². The van der Waals surface area contributed by atoms with Crippen LogP contribution in [0, 0.1) is 28.6 Å². The van der Waals surface area contributed by atoms with E-state index in [0.717, 1.165) is 70.6 Å². The summed E-state index contributed by atoms with van der Waals surface area (Å²) in [5.41, 5.74) is 1.17. The lowest BCUT2D eigenvalue weighted by Gasteiger charge is -2.56. The lowest BCUT2D eigenvalue weighted by atomic mass is 9.48. The zero-order chi connectivity index (χ0) is 43.3. The van der Waals surface area contributed by atoms with Gasteiger partial charge in [-0.3, -0.25) is 18.6 Å². The van der Waals surface area contributed by atoms with Gasteiger partial charge in [-0.1, -0.05) is 168 Å². The molecule has 0 bridgehead atoms. The molecule has 3 fully saturated rings. The summed E-state index contributed by atoms with van der Waals surface area (Å²) < 4.78 is 44.2. The molecular formula is C51H88O8S.